The fourth-order valence-electron chi connectivity index (χ4n) is 3.72. The number of nitrogens with one attached hydrogen (secondary N) is 1. The van der Waals surface area contributed by atoms with Crippen LogP contribution < -0.4 is 10.1 Å². The molecule has 1 saturated carbocycles. The Balaban J connectivity index is 1.51. The van der Waals surface area contributed by atoms with Gasteiger partial charge >= 0.3 is 0 Å². The number of nitrogens with zero attached hydrogens (tertiary/aromatic N) is 3. The molecule has 3 aromatic rings. The summed E-state index contributed by atoms with van der Waals surface area (Å²) in [6.07, 6.45) is 8.66. The summed E-state index contributed by atoms with van der Waals surface area (Å²) in [4.78, 5) is 12.5. The van der Waals surface area contributed by atoms with E-state index >= 15 is 0 Å². The van der Waals surface area contributed by atoms with E-state index in [1.807, 2.05) is 41.0 Å². The second-order valence-electron chi connectivity index (χ2n) is 7.36. The molecule has 7 nitrogen and oxygen atoms in total. The second kappa shape index (κ2) is 9.84. The largest absolute Gasteiger partial charge is 0.497 e. The SMILES string of the molecule is COc1ccc(-n2c(SCC(=O)NC3CCCCCC3)nnc2-c2ccco2)cc1. The predicted octanol–water partition coefficient (Wildman–Crippen LogP) is 4.47. The van der Waals surface area contributed by atoms with Crippen molar-refractivity contribution in [2.75, 3.05) is 12.9 Å². The Morgan fingerprint density at radius 3 is 2.60 bits per heavy atom. The van der Waals surface area contributed by atoms with Crippen molar-refractivity contribution in [1.29, 1.82) is 0 Å². The average molecular weight is 427 g/mol. The maximum atomic E-state index is 12.5. The maximum absolute atomic E-state index is 12.5. The van der Waals surface area contributed by atoms with Gasteiger partial charge in [-0.2, -0.15) is 0 Å². The van der Waals surface area contributed by atoms with Gasteiger partial charge in [0.2, 0.25) is 11.7 Å². The number of carbonyl (C=O) groups excluding carboxylic acids is 1. The molecule has 2 heterocycles. The zero-order valence-corrected chi connectivity index (χ0v) is 17.9. The van der Waals surface area contributed by atoms with Crippen molar-refractivity contribution >= 4 is 17.7 Å². The number of benzene rings is 1. The number of hydrogen-bond donors (Lipinski definition) is 1. The smallest absolute Gasteiger partial charge is 0.230 e. The van der Waals surface area contributed by atoms with E-state index in [0.717, 1.165) is 24.3 Å². The van der Waals surface area contributed by atoms with Crippen LogP contribution in [0.3, 0.4) is 0 Å². The van der Waals surface area contributed by atoms with Crippen LogP contribution in [0.15, 0.2) is 52.2 Å². The first-order valence-electron chi connectivity index (χ1n) is 10.3. The molecule has 30 heavy (non-hydrogen) atoms. The Bertz CT molecular complexity index is 945. The lowest BCUT2D eigenvalue weighted by atomic mass is 10.1. The van der Waals surface area contributed by atoms with Crippen molar-refractivity contribution in [3.05, 3.63) is 42.7 Å². The van der Waals surface area contributed by atoms with Gasteiger partial charge < -0.3 is 14.5 Å². The molecule has 0 aliphatic heterocycles. The molecule has 4 rings (SSSR count). The summed E-state index contributed by atoms with van der Waals surface area (Å²) >= 11 is 1.38. The molecule has 1 fully saturated rings. The van der Waals surface area contributed by atoms with Crippen LogP contribution >= 0.6 is 11.8 Å². The van der Waals surface area contributed by atoms with E-state index < -0.39 is 0 Å². The Labute approximate surface area is 180 Å². The van der Waals surface area contributed by atoms with E-state index in [0.29, 0.717) is 28.5 Å². The van der Waals surface area contributed by atoms with Gasteiger partial charge in [-0.3, -0.25) is 9.36 Å². The molecule has 1 aromatic carbocycles. The van der Waals surface area contributed by atoms with E-state index in [4.69, 9.17) is 9.15 Å². The minimum atomic E-state index is 0.0377. The average Bonchev–Trinajstić information content (AvgIpc) is 3.37. The topological polar surface area (TPSA) is 82.2 Å². The molecule has 0 spiro atoms. The van der Waals surface area contributed by atoms with Crippen LogP contribution in [-0.2, 0) is 4.79 Å². The van der Waals surface area contributed by atoms with Gasteiger partial charge in [-0.25, -0.2) is 0 Å². The Hall–Kier alpha value is -2.74. The van der Waals surface area contributed by atoms with Crippen molar-refractivity contribution in [2.24, 2.45) is 0 Å². The number of rotatable bonds is 7. The molecule has 158 valence electrons. The zero-order valence-electron chi connectivity index (χ0n) is 17.0. The molecule has 1 aliphatic rings. The van der Waals surface area contributed by atoms with E-state index in [9.17, 15) is 4.79 Å². The van der Waals surface area contributed by atoms with Gasteiger partial charge in [-0.15, -0.1) is 10.2 Å². The second-order valence-corrected chi connectivity index (χ2v) is 8.30. The lowest BCUT2D eigenvalue weighted by molar-refractivity contribution is -0.119. The summed E-state index contributed by atoms with van der Waals surface area (Å²) in [6, 6.07) is 11.6. The van der Waals surface area contributed by atoms with Crippen LogP contribution in [0.1, 0.15) is 38.5 Å². The standard InChI is InChI=1S/C22H26N4O3S/c1-28-18-12-10-17(11-13-18)26-21(19-9-6-14-29-19)24-25-22(26)30-15-20(27)23-16-7-4-2-3-5-8-16/h6,9-14,16H,2-5,7-8,15H2,1H3,(H,23,27). The lowest BCUT2D eigenvalue weighted by Crippen LogP contribution is -2.35. The van der Waals surface area contributed by atoms with Crippen molar-refractivity contribution < 1.29 is 13.9 Å². The highest BCUT2D eigenvalue weighted by molar-refractivity contribution is 7.99. The minimum absolute atomic E-state index is 0.0377. The zero-order chi connectivity index (χ0) is 20.8. The highest BCUT2D eigenvalue weighted by Gasteiger charge is 2.20. The summed E-state index contributed by atoms with van der Waals surface area (Å²) < 4.78 is 12.7. The van der Waals surface area contributed by atoms with Crippen molar-refractivity contribution in [2.45, 2.75) is 49.7 Å². The van der Waals surface area contributed by atoms with Crippen LogP contribution in [0.5, 0.6) is 5.75 Å². The molecule has 8 heteroatoms. The predicted molar refractivity (Wildman–Crippen MR) is 116 cm³/mol. The van der Waals surface area contributed by atoms with Crippen LogP contribution in [0.2, 0.25) is 0 Å². The van der Waals surface area contributed by atoms with Crippen LogP contribution in [0.4, 0.5) is 0 Å². The molecule has 0 saturated heterocycles. The highest BCUT2D eigenvalue weighted by atomic mass is 32.2. The van der Waals surface area contributed by atoms with Gasteiger partial charge in [0.1, 0.15) is 5.75 Å². The number of amides is 1. The van der Waals surface area contributed by atoms with Crippen LogP contribution in [0, 0.1) is 0 Å². The summed E-state index contributed by atoms with van der Waals surface area (Å²) in [5, 5.41) is 12.5. The van der Waals surface area contributed by atoms with Gasteiger partial charge in [0.05, 0.1) is 24.8 Å². The van der Waals surface area contributed by atoms with Gasteiger partial charge in [0.15, 0.2) is 10.9 Å². The maximum Gasteiger partial charge on any atom is 0.230 e. The first-order valence-corrected chi connectivity index (χ1v) is 11.3. The van der Waals surface area contributed by atoms with Gasteiger partial charge in [0, 0.05) is 6.04 Å². The Morgan fingerprint density at radius 1 is 1.17 bits per heavy atom. The Kier molecular flexibility index (Phi) is 6.74. The number of hydrogen-bond acceptors (Lipinski definition) is 6. The summed E-state index contributed by atoms with van der Waals surface area (Å²) in [5.41, 5.74) is 0.874. The molecule has 0 unspecified atom stereocenters. The Morgan fingerprint density at radius 2 is 1.93 bits per heavy atom. The monoisotopic (exact) mass is 426 g/mol. The minimum Gasteiger partial charge on any atom is -0.497 e. The third kappa shape index (κ3) is 4.87. The van der Waals surface area contributed by atoms with E-state index in [1.165, 1.54) is 37.4 Å². The van der Waals surface area contributed by atoms with Gasteiger partial charge in [-0.1, -0.05) is 37.4 Å². The molecular formula is C22H26N4O3S. The first-order chi connectivity index (χ1) is 14.7. The number of furan rings is 1. The van der Waals surface area contributed by atoms with Crippen molar-refractivity contribution in [3.8, 4) is 23.0 Å². The van der Waals surface area contributed by atoms with E-state index in [1.54, 1.807) is 13.4 Å². The first kappa shape index (κ1) is 20.5. The fourth-order valence-corrected chi connectivity index (χ4v) is 4.48. The van der Waals surface area contributed by atoms with E-state index in [2.05, 4.69) is 15.5 Å². The third-order valence-electron chi connectivity index (χ3n) is 5.26. The number of aromatic nitrogens is 3. The summed E-state index contributed by atoms with van der Waals surface area (Å²) in [5.74, 6) is 2.31. The lowest BCUT2D eigenvalue weighted by Gasteiger charge is -2.16. The number of carbonyl (C=O) groups is 1. The molecular weight excluding hydrogens is 400 g/mol. The quantitative estimate of drug-likeness (QED) is 0.443. The van der Waals surface area contributed by atoms with E-state index in [-0.39, 0.29) is 5.91 Å². The molecule has 0 atom stereocenters. The number of methoxy groups -OCH3 is 1. The van der Waals surface area contributed by atoms with Crippen LogP contribution in [0.25, 0.3) is 17.3 Å². The molecule has 2 aromatic heterocycles. The van der Waals surface area contributed by atoms with Crippen molar-refractivity contribution in [1.82, 2.24) is 20.1 Å². The molecule has 1 N–H and O–H groups in total. The summed E-state index contributed by atoms with van der Waals surface area (Å²) in [7, 11) is 1.64. The fraction of sp³-hybridized carbons (Fsp3) is 0.409. The molecule has 0 radical (unpaired) electrons. The third-order valence-corrected chi connectivity index (χ3v) is 6.19. The van der Waals surface area contributed by atoms with Gasteiger partial charge in [0.25, 0.3) is 0 Å². The molecule has 0 bridgehead atoms. The normalized spacial score (nSPS) is 15.0. The van der Waals surface area contributed by atoms with Crippen LogP contribution in [-0.4, -0.2) is 39.6 Å². The highest BCUT2D eigenvalue weighted by Crippen LogP contribution is 2.29. The molecule has 1 aliphatic carbocycles. The molecule has 1 amide bonds. The summed E-state index contributed by atoms with van der Waals surface area (Å²) in [6.45, 7) is 0. The van der Waals surface area contributed by atoms with Crippen molar-refractivity contribution in [3.63, 3.8) is 0 Å². The number of thioether (sulfide) groups is 1. The van der Waals surface area contributed by atoms with Gasteiger partial charge in [-0.05, 0) is 49.2 Å². The number of ether oxygens (including phenoxy) is 1.